The van der Waals surface area contributed by atoms with Crippen LogP contribution in [0.25, 0.3) is 21.6 Å². The van der Waals surface area contributed by atoms with Gasteiger partial charge in [-0.15, -0.1) is 0 Å². The number of hydrogen-bond donors (Lipinski definition) is 1. The molecule has 31 heavy (non-hydrogen) atoms. The van der Waals surface area contributed by atoms with Crippen LogP contribution in [0, 0.1) is 0 Å². The molecule has 0 atom stereocenters. The molecule has 0 aromatic heterocycles. The zero-order valence-electron chi connectivity index (χ0n) is 17.4. The van der Waals surface area contributed by atoms with Gasteiger partial charge in [0.05, 0.1) is 36.3 Å². The second-order valence-corrected chi connectivity index (χ2v) is 6.28. The summed E-state index contributed by atoms with van der Waals surface area (Å²) in [6.45, 7) is 1.93. The lowest BCUT2D eigenvalue weighted by atomic mass is 10.0. The molecule has 0 bridgehead atoms. The molecule has 160 valence electrons. The van der Waals surface area contributed by atoms with E-state index in [4.69, 9.17) is 31.7 Å². The van der Waals surface area contributed by atoms with Crippen LogP contribution in [0.1, 0.15) is 6.92 Å². The molecule has 0 saturated heterocycles. The third kappa shape index (κ3) is 5.96. The second kappa shape index (κ2) is 12.2. The molecular weight excluding hydrogens is 418 g/mol. The number of azo groups is 1. The van der Waals surface area contributed by atoms with E-state index in [2.05, 4.69) is 20.3 Å². The lowest BCUT2D eigenvalue weighted by molar-refractivity contribution is 0.318. The third-order valence-corrected chi connectivity index (χ3v) is 4.25. The first-order chi connectivity index (χ1) is 15.1. The Hall–Kier alpha value is -3.58. The number of benzene rings is 3. The fourth-order valence-electron chi connectivity index (χ4n) is 2.73. The molecule has 8 nitrogen and oxygen atoms in total. The van der Waals surface area contributed by atoms with E-state index in [-0.39, 0.29) is 6.61 Å². The maximum absolute atomic E-state index is 9.08. The van der Waals surface area contributed by atoms with Crippen LogP contribution in [0.15, 0.2) is 76.0 Å². The first-order valence-corrected chi connectivity index (χ1v) is 9.65. The van der Waals surface area contributed by atoms with Crippen molar-refractivity contribution in [2.75, 3.05) is 20.8 Å². The van der Waals surface area contributed by atoms with Crippen LogP contribution in [-0.2, 0) is 0 Å². The van der Waals surface area contributed by atoms with Gasteiger partial charge in [-0.3, -0.25) is 0 Å². The summed E-state index contributed by atoms with van der Waals surface area (Å²) in [7, 11) is 3.02. The highest BCUT2D eigenvalue weighted by molar-refractivity contribution is 6.32. The molecule has 0 unspecified atom stereocenters. The third-order valence-electron chi connectivity index (χ3n) is 3.95. The van der Waals surface area contributed by atoms with Crippen LogP contribution in [0.4, 0.5) is 17.1 Å². The molecular formula is C22H22ClN5O3. The first kappa shape index (κ1) is 23.7. The Balaban J connectivity index is 0.00000107. The molecule has 0 fully saturated rings. The van der Waals surface area contributed by atoms with Crippen LogP contribution in [0.2, 0.25) is 5.02 Å². The van der Waals surface area contributed by atoms with Crippen molar-refractivity contribution in [1.82, 2.24) is 0 Å². The Morgan fingerprint density at radius 1 is 0.903 bits per heavy atom. The highest BCUT2D eigenvalue weighted by atomic mass is 35.5. The van der Waals surface area contributed by atoms with E-state index in [1.54, 1.807) is 37.3 Å². The lowest BCUT2D eigenvalue weighted by Gasteiger charge is -2.16. The summed E-state index contributed by atoms with van der Waals surface area (Å²) in [5.74, 6) is 0.825. The Bertz CT molecular complexity index is 1080. The maximum atomic E-state index is 9.08. The minimum Gasteiger partial charge on any atom is -0.492 e. The SMILES string of the molecule is CCO.COc1c(Cl)ccc(-c2cccc(N=Nc3ccccc3)c2N=[N+]=[N-])c1OC. The fraction of sp³-hybridized carbons (Fsp3) is 0.182. The number of methoxy groups -OCH3 is 2. The Morgan fingerprint density at radius 3 is 2.19 bits per heavy atom. The largest absolute Gasteiger partial charge is 0.492 e. The van der Waals surface area contributed by atoms with Crippen molar-refractivity contribution in [3.8, 4) is 22.6 Å². The van der Waals surface area contributed by atoms with Gasteiger partial charge in [-0.2, -0.15) is 10.2 Å². The van der Waals surface area contributed by atoms with Crippen molar-refractivity contribution in [2.24, 2.45) is 15.3 Å². The van der Waals surface area contributed by atoms with E-state index in [1.807, 2.05) is 30.3 Å². The van der Waals surface area contributed by atoms with Gasteiger partial charge in [0.1, 0.15) is 0 Å². The maximum Gasteiger partial charge on any atom is 0.180 e. The zero-order valence-corrected chi connectivity index (χ0v) is 18.1. The van der Waals surface area contributed by atoms with Crippen LogP contribution >= 0.6 is 11.6 Å². The molecule has 0 spiro atoms. The number of ether oxygens (including phenoxy) is 2. The summed E-state index contributed by atoms with van der Waals surface area (Å²) in [5.41, 5.74) is 11.8. The van der Waals surface area contributed by atoms with Gasteiger partial charge in [0, 0.05) is 17.1 Å². The number of nitrogens with zero attached hydrogens (tertiary/aromatic N) is 5. The quantitative estimate of drug-likeness (QED) is 0.245. The second-order valence-electron chi connectivity index (χ2n) is 5.88. The number of hydrogen-bond acceptors (Lipinski definition) is 6. The Morgan fingerprint density at radius 2 is 1.58 bits per heavy atom. The highest BCUT2D eigenvalue weighted by Gasteiger charge is 2.18. The summed E-state index contributed by atoms with van der Waals surface area (Å²) < 4.78 is 10.9. The van der Waals surface area contributed by atoms with Gasteiger partial charge < -0.3 is 14.6 Å². The van der Waals surface area contributed by atoms with Gasteiger partial charge in [0.15, 0.2) is 11.5 Å². The smallest absolute Gasteiger partial charge is 0.180 e. The van der Waals surface area contributed by atoms with Gasteiger partial charge in [0.25, 0.3) is 0 Å². The molecule has 3 aromatic carbocycles. The van der Waals surface area contributed by atoms with E-state index in [9.17, 15) is 0 Å². The molecule has 0 heterocycles. The van der Waals surface area contributed by atoms with Gasteiger partial charge >= 0.3 is 0 Å². The van der Waals surface area contributed by atoms with E-state index < -0.39 is 0 Å². The van der Waals surface area contributed by atoms with E-state index >= 15 is 0 Å². The standard InChI is InChI=1S/C20H16ClN5O2.C2H6O/c1-27-19-15(11-12-16(21)20(19)28-2)14-9-6-10-17(18(14)25-26-22)24-23-13-7-4-3-5-8-13;1-2-3/h3-12H,1-2H3;3H,2H2,1H3. The van der Waals surface area contributed by atoms with Gasteiger partial charge in [0.2, 0.25) is 0 Å². The van der Waals surface area contributed by atoms with Crippen LogP contribution in [0.3, 0.4) is 0 Å². The number of azide groups is 1. The number of aliphatic hydroxyl groups excluding tert-OH is 1. The Labute approximate surface area is 185 Å². The monoisotopic (exact) mass is 439 g/mol. The minimum atomic E-state index is 0.250. The predicted molar refractivity (Wildman–Crippen MR) is 122 cm³/mol. The topological polar surface area (TPSA) is 112 Å². The van der Waals surface area contributed by atoms with Gasteiger partial charge in [-0.25, -0.2) is 0 Å². The zero-order chi connectivity index (χ0) is 22.6. The number of rotatable bonds is 6. The molecule has 0 radical (unpaired) electrons. The number of halogens is 1. The summed E-state index contributed by atoms with van der Waals surface area (Å²) in [6.07, 6.45) is 0. The van der Waals surface area contributed by atoms with Crippen molar-refractivity contribution in [2.45, 2.75) is 6.92 Å². The van der Waals surface area contributed by atoms with Gasteiger partial charge in [-0.1, -0.05) is 47.0 Å². The van der Waals surface area contributed by atoms with Crippen molar-refractivity contribution < 1.29 is 14.6 Å². The summed E-state index contributed by atoms with van der Waals surface area (Å²) in [4.78, 5) is 2.95. The molecule has 9 heteroatoms. The lowest BCUT2D eigenvalue weighted by Crippen LogP contribution is -1.94. The predicted octanol–water partition coefficient (Wildman–Crippen LogP) is 7.38. The van der Waals surface area contributed by atoms with Crippen LogP contribution in [-0.4, -0.2) is 25.9 Å². The van der Waals surface area contributed by atoms with E-state index in [0.717, 1.165) is 0 Å². The normalized spacial score (nSPS) is 10.1. The summed E-state index contributed by atoms with van der Waals surface area (Å²) in [5, 5.41) is 20.3. The van der Waals surface area contributed by atoms with Crippen LogP contribution in [0.5, 0.6) is 11.5 Å². The number of aliphatic hydroxyl groups is 1. The van der Waals surface area contributed by atoms with Crippen LogP contribution < -0.4 is 9.47 Å². The van der Waals surface area contributed by atoms with Gasteiger partial charge in [-0.05, 0) is 48.4 Å². The van der Waals surface area contributed by atoms with E-state index in [1.165, 1.54) is 14.2 Å². The Kier molecular flexibility index (Phi) is 9.32. The van der Waals surface area contributed by atoms with Crippen molar-refractivity contribution in [3.63, 3.8) is 0 Å². The molecule has 3 aromatic rings. The van der Waals surface area contributed by atoms with Crippen molar-refractivity contribution >= 4 is 28.7 Å². The molecule has 3 rings (SSSR count). The average molecular weight is 440 g/mol. The van der Waals surface area contributed by atoms with E-state index in [0.29, 0.717) is 44.7 Å². The highest BCUT2D eigenvalue weighted by Crippen LogP contribution is 2.47. The summed E-state index contributed by atoms with van der Waals surface area (Å²) in [6, 6.07) is 18.1. The molecule has 0 aliphatic heterocycles. The van der Waals surface area contributed by atoms with Crippen molar-refractivity contribution in [3.05, 3.63) is 76.1 Å². The molecule has 0 aliphatic rings. The molecule has 0 aliphatic carbocycles. The fourth-order valence-corrected chi connectivity index (χ4v) is 2.95. The summed E-state index contributed by atoms with van der Waals surface area (Å²) >= 11 is 6.20. The molecule has 1 N–H and O–H groups in total. The molecule has 0 saturated carbocycles. The first-order valence-electron chi connectivity index (χ1n) is 9.27. The minimum absolute atomic E-state index is 0.250. The molecule has 0 amide bonds. The average Bonchev–Trinajstić information content (AvgIpc) is 2.79. The van der Waals surface area contributed by atoms with Crippen molar-refractivity contribution in [1.29, 1.82) is 0 Å².